The van der Waals surface area contributed by atoms with Gasteiger partial charge in [-0.1, -0.05) is 28.9 Å². The van der Waals surface area contributed by atoms with Crippen molar-refractivity contribution in [1.82, 2.24) is 10.1 Å². The maximum absolute atomic E-state index is 12.2. The highest BCUT2D eigenvalue weighted by Gasteiger charge is 2.25. The first kappa shape index (κ1) is 18.9. The molecule has 5 rings (SSSR count). The molecule has 0 saturated carbocycles. The normalized spacial score (nSPS) is 16.8. The molecule has 6 heteroatoms. The van der Waals surface area contributed by atoms with Gasteiger partial charge in [0.05, 0.1) is 5.39 Å². The lowest BCUT2D eigenvalue weighted by Crippen LogP contribution is -2.47. The number of aromatic nitrogens is 1. The van der Waals surface area contributed by atoms with E-state index in [1.807, 2.05) is 38.1 Å². The predicted molar refractivity (Wildman–Crippen MR) is 120 cm³/mol. The molecule has 2 aliphatic heterocycles. The third kappa shape index (κ3) is 3.37. The fourth-order valence-electron chi connectivity index (χ4n) is 4.44. The number of amides is 1. The molecule has 0 spiro atoms. The van der Waals surface area contributed by atoms with Crippen molar-refractivity contribution in [1.29, 1.82) is 0 Å². The second-order valence-electron chi connectivity index (χ2n) is 8.29. The van der Waals surface area contributed by atoms with E-state index in [1.165, 1.54) is 5.56 Å². The van der Waals surface area contributed by atoms with Crippen LogP contribution in [0.3, 0.4) is 0 Å². The van der Waals surface area contributed by atoms with Gasteiger partial charge in [-0.05, 0) is 50.1 Å². The fraction of sp³-hybridized carbons (Fsp3) is 0.333. The van der Waals surface area contributed by atoms with Crippen molar-refractivity contribution >= 4 is 34.0 Å². The molecule has 154 valence electrons. The van der Waals surface area contributed by atoms with Crippen molar-refractivity contribution in [3.63, 3.8) is 0 Å². The smallest absolute Gasteiger partial charge is 0.256 e. The van der Waals surface area contributed by atoms with Gasteiger partial charge in [0.25, 0.3) is 5.91 Å². The number of para-hydroxylation sites is 1. The molecule has 6 nitrogen and oxygen atoms in total. The van der Waals surface area contributed by atoms with Gasteiger partial charge in [0.15, 0.2) is 11.4 Å². The molecule has 0 aliphatic carbocycles. The zero-order chi connectivity index (χ0) is 20.7. The highest BCUT2D eigenvalue weighted by molar-refractivity contribution is 6.32. The molecule has 0 atom stereocenters. The Morgan fingerprint density at radius 3 is 2.70 bits per heavy atom. The molecule has 2 aliphatic rings. The summed E-state index contributed by atoms with van der Waals surface area (Å²) in [6, 6.07) is 14.4. The number of nitrogens with one attached hydrogen (secondary N) is 1. The number of piperazine rings is 1. The summed E-state index contributed by atoms with van der Waals surface area (Å²) in [5, 5.41) is 8.34. The molecule has 1 amide bonds. The van der Waals surface area contributed by atoms with Crippen LogP contribution >= 0.6 is 0 Å². The van der Waals surface area contributed by atoms with Crippen molar-refractivity contribution in [2.75, 3.05) is 42.9 Å². The van der Waals surface area contributed by atoms with Gasteiger partial charge >= 0.3 is 0 Å². The number of nitrogens with zero attached hydrogens (tertiary/aromatic N) is 3. The maximum Gasteiger partial charge on any atom is 0.256 e. The molecular weight excluding hydrogens is 376 g/mol. The van der Waals surface area contributed by atoms with Crippen LogP contribution in [0.15, 0.2) is 52.6 Å². The second kappa shape index (κ2) is 7.61. The van der Waals surface area contributed by atoms with Gasteiger partial charge in [0.2, 0.25) is 0 Å². The zero-order valence-corrected chi connectivity index (χ0v) is 17.4. The Hall–Kier alpha value is -3.12. The van der Waals surface area contributed by atoms with E-state index in [0.717, 1.165) is 78.3 Å². The SMILES string of the molecule is CC(C)=C1C(=O)Nc2ccc(CCN3CCN(c4noc5ccccc45)CC3)cc21. The van der Waals surface area contributed by atoms with E-state index in [0.29, 0.717) is 0 Å². The van der Waals surface area contributed by atoms with Crippen molar-refractivity contribution in [3.05, 3.63) is 59.2 Å². The summed E-state index contributed by atoms with van der Waals surface area (Å²) < 4.78 is 5.47. The van der Waals surface area contributed by atoms with Crippen molar-refractivity contribution < 1.29 is 9.32 Å². The van der Waals surface area contributed by atoms with Gasteiger partial charge < -0.3 is 14.7 Å². The molecule has 3 aromatic rings. The standard InChI is InChI=1S/C24H26N4O2/c1-16(2)22-19-15-17(7-8-20(19)25-24(22)29)9-10-27-11-13-28(14-12-27)23-18-5-3-4-6-21(18)30-26-23/h3-8,15H,9-14H2,1-2H3,(H,25,29). The van der Waals surface area contributed by atoms with E-state index in [2.05, 4.69) is 38.5 Å². The van der Waals surface area contributed by atoms with Crippen molar-refractivity contribution in [2.24, 2.45) is 0 Å². The Bertz CT molecular complexity index is 1140. The third-order valence-electron chi connectivity index (χ3n) is 6.08. The lowest BCUT2D eigenvalue weighted by Gasteiger charge is -2.34. The Morgan fingerprint density at radius 2 is 1.90 bits per heavy atom. The molecule has 3 heterocycles. The highest BCUT2D eigenvalue weighted by Crippen LogP contribution is 2.34. The molecule has 0 unspecified atom stereocenters. The number of fused-ring (bicyclic) bond motifs is 2. The van der Waals surface area contributed by atoms with Gasteiger partial charge in [-0.2, -0.15) is 0 Å². The molecule has 1 fully saturated rings. The van der Waals surface area contributed by atoms with Crippen LogP contribution in [0.1, 0.15) is 25.0 Å². The van der Waals surface area contributed by atoms with Crippen LogP contribution in [0, 0.1) is 0 Å². The molecule has 1 aromatic heterocycles. The summed E-state index contributed by atoms with van der Waals surface area (Å²) in [6.07, 6.45) is 0.977. The largest absolute Gasteiger partial charge is 0.354 e. The second-order valence-corrected chi connectivity index (χ2v) is 8.29. The van der Waals surface area contributed by atoms with Crippen LogP contribution in [0.25, 0.3) is 16.5 Å². The average molecular weight is 402 g/mol. The van der Waals surface area contributed by atoms with Gasteiger partial charge in [0, 0.05) is 49.5 Å². The summed E-state index contributed by atoms with van der Waals surface area (Å²) in [4.78, 5) is 17.0. The predicted octanol–water partition coefficient (Wildman–Crippen LogP) is 3.94. The quantitative estimate of drug-likeness (QED) is 0.670. The molecule has 0 bridgehead atoms. The van der Waals surface area contributed by atoms with E-state index in [4.69, 9.17) is 4.52 Å². The first-order valence-electron chi connectivity index (χ1n) is 10.5. The monoisotopic (exact) mass is 402 g/mol. The molecule has 30 heavy (non-hydrogen) atoms. The van der Waals surface area contributed by atoms with E-state index in [-0.39, 0.29) is 5.91 Å². The van der Waals surface area contributed by atoms with Gasteiger partial charge in [0.1, 0.15) is 0 Å². The van der Waals surface area contributed by atoms with Crippen LogP contribution < -0.4 is 10.2 Å². The summed E-state index contributed by atoms with van der Waals surface area (Å²) >= 11 is 0. The first-order valence-corrected chi connectivity index (χ1v) is 10.5. The number of benzene rings is 2. The summed E-state index contributed by atoms with van der Waals surface area (Å²) in [7, 11) is 0. The number of carbonyl (C=O) groups excluding carboxylic acids is 1. The van der Waals surface area contributed by atoms with E-state index in [9.17, 15) is 4.79 Å². The topological polar surface area (TPSA) is 61.6 Å². The van der Waals surface area contributed by atoms with E-state index in [1.54, 1.807) is 0 Å². The Balaban J connectivity index is 1.21. The molecule has 2 aromatic carbocycles. The Kier molecular flexibility index (Phi) is 4.79. The molecule has 1 saturated heterocycles. The number of hydrogen-bond acceptors (Lipinski definition) is 5. The van der Waals surface area contributed by atoms with Crippen LogP contribution in [0.2, 0.25) is 0 Å². The molecular formula is C24H26N4O2. The highest BCUT2D eigenvalue weighted by atomic mass is 16.5. The zero-order valence-electron chi connectivity index (χ0n) is 17.4. The van der Waals surface area contributed by atoms with Crippen LogP contribution in [0.4, 0.5) is 11.5 Å². The molecule has 0 radical (unpaired) electrons. The van der Waals surface area contributed by atoms with Crippen molar-refractivity contribution in [2.45, 2.75) is 20.3 Å². The number of carbonyl (C=O) groups is 1. The van der Waals surface area contributed by atoms with E-state index >= 15 is 0 Å². The van der Waals surface area contributed by atoms with Crippen molar-refractivity contribution in [3.8, 4) is 0 Å². The number of hydrogen-bond donors (Lipinski definition) is 1. The number of allylic oxidation sites excluding steroid dienone is 1. The van der Waals surface area contributed by atoms with E-state index < -0.39 is 0 Å². The van der Waals surface area contributed by atoms with Gasteiger partial charge in [-0.25, -0.2) is 0 Å². The number of anilines is 2. The lowest BCUT2D eigenvalue weighted by molar-refractivity contribution is -0.110. The van der Waals surface area contributed by atoms with Gasteiger partial charge in [-0.15, -0.1) is 0 Å². The third-order valence-corrected chi connectivity index (χ3v) is 6.08. The summed E-state index contributed by atoms with van der Waals surface area (Å²) in [6.45, 7) is 8.90. The fourth-order valence-corrected chi connectivity index (χ4v) is 4.44. The van der Waals surface area contributed by atoms with Crippen LogP contribution in [-0.4, -0.2) is 48.7 Å². The van der Waals surface area contributed by atoms with Crippen LogP contribution in [-0.2, 0) is 11.2 Å². The first-order chi connectivity index (χ1) is 14.6. The minimum atomic E-state index is 0.0126. The van der Waals surface area contributed by atoms with Gasteiger partial charge in [-0.3, -0.25) is 9.69 Å². The summed E-state index contributed by atoms with van der Waals surface area (Å²) in [5.41, 5.74) is 5.96. The minimum Gasteiger partial charge on any atom is -0.354 e. The average Bonchev–Trinajstić information content (AvgIpc) is 3.32. The summed E-state index contributed by atoms with van der Waals surface area (Å²) in [5.74, 6) is 0.967. The van der Waals surface area contributed by atoms with Crippen LogP contribution in [0.5, 0.6) is 0 Å². The molecule has 1 N–H and O–H groups in total. The Morgan fingerprint density at radius 1 is 1.10 bits per heavy atom. The lowest BCUT2D eigenvalue weighted by atomic mass is 9.99. The number of rotatable bonds is 4. The maximum atomic E-state index is 12.2. The minimum absolute atomic E-state index is 0.0126. The Labute approximate surface area is 176 Å².